The van der Waals surface area contributed by atoms with Crippen LogP contribution >= 0.6 is 11.6 Å². The van der Waals surface area contributed by atoms with Crippen LogP contribution in [-0.2, 0) is 17.6 Å². The second-order valence-corrected chi connectivity index (χ2v) is 6.83. The molecule has 0 heterocycles. The number of ether oxygens (including phenoxy) is 1. The molecule has 0 aliphatic heterocycles. The number of carbonyl (C=O) groups is 1. The largest absolute Gasteiger partial charge is 0.493 e. The molecule has 0 aliphatic carbocycles. The van der Waals surface area contributed by atoms with Crippen molar-refractivity contribution in [3.8, 4) is 5.75 Å². The summed E-state index contributed by atoms with van der Waals surface area (Å²) in [6, 6.07) is 15.7. The number of carbonyl (C=O) groups excluding carboxylic acids is 1. The van der Waals surface area contributed by atoms with E-state index in [4.69, 9.17) is 16.3 Å². The molecule has 0 saturated heterocycles. The maximum Gasteiger partial charge on any atom is 0.227 e. The summed E-state index contributed by atoms with van der Waals surface area (Å²) in [5, 5.41) is 0.620. The van der Waals surface area contributed by atoms with Gasteiger partial charge in [-0.1, -0.05) is 61.8 Å². The van der Waals surface area contributed by atoms with Crippen molar-refractivity contribution in [1.82, 2.24) is 4.90 Å². The van der Waals surface area contributed by atoms with E-state index in [9.17, 15) is 4.79 Å². The van der Waals surface area contributed by atoms with Crippen LogP contribution in [0.15, 0.2) is 48.5 Å². The van der Waals surface area contributed by atoms with Gasteiger partial charge in [0, 0.05) is 30.1 Å². The first-order valence-corrected chi connectivity index (χ1v) is 9.74. The monoisotopic (exact) mass is 373 g/mol. The Hall–Kier alpha value is -2.00. The van der Waals surface area contributed by atoms with E-state index in [0.29, 0.717) is 23.8 Å². The third kappa shape index (κ3) is 6.38. The van der Waals surface area contributed by atoms with Crippen LogP contribution in [0.4, 0.5) is 0 Å². The lowest BCUT2D eigenvalue weighted by Crippen LogP contribution is -2.33. The Morgan fingerprint density at radius 3 is 2.38 bits per heavy atom. The zero-order valence-corrected chi connectivity index (χ0v) is 16.5. The number of rotatable bonds is 10. The summed E-state index contributed by atoms with van der Waals surface area (Å²) in [6.45, 7) is 6.33. The van der Waals surface area contributed by atoms with Gasteiger partial charge in [-0.3, -0.25) is 4.79 Å². The Bertz CT molecular complexity index is 682. The number of benzene rings is 2. The van der Waals surface area contributed by atoms with Crippen molar-refractivity contribution < 1.29 is 9.53 Å². The van der Waals surface area contributed by atoms with Crippen LogP contribution in [0.1, 0.15) is 37.8 Å². The van der Waals surface area contributed by atoms with Crippen LogP contribution in [-0.4, -0.2) is 30.5 Å². The number of amides is 1. The summed E-state index contributed by atoms with van der Waals surface area (Å²) in [5.74, 6) is 0.846. The summed E-state index contributed by atoms with van der Waals surface area (Å²) >= 11 is 6.14. The van der Waals surface area contributed by atoms with Crippen molar-refractivity contribution in [3.05, 3.63) is 64.7 Å². The number of halogens is 1. The Morgan fingerprint density at radius 1 is 1.04 bits per heavy atom. The summed E-state index contributed by atoms with van der Waals surface area (Å²) in [4.78, 5) is 14.6. The topological polar surface area (TPSA) is 29.5 Å². The average Bonchev–Trinajstić information content (AvgIpc) is 2.64. The van der Waals surface area contributed by atoms with E-state index >= 15 is 0 Å². The van der Waals surface area contributed by atoms with Crippen molar-refractivity contribution in [1.29, 1.82) is 0 Å². The molecular formula is C22H28ClNO2. The molecule has 4 heteroatoms. The minimum atomic E-state index is 0.143. The second kappa shape index (κ2) is 10.9. The van der Waals surface area contributed by atoms with Crippen molar-refractivity contribution in [2.75, 3.05) is 19.7 Å². The van der Waals surface area contributed by atoms with Crippen LogP contribution in [0.5, 0.6) is 5.75 Å². The first kappa shape index (κ1) is 20.3. The lowest BCUT2D eigenvalue weighted by atomic mass is 10.1. The van der Waals surface area contributed by atoms with Gasteiger partial charge in [0.2, 0.25) is 5.91 Å². The molecule has 2 aromatic carbocycles. The molecule has 0 unspecified atom stereocenters. The molecule has 1 amide bonds. The van der Waals surface area contributed by atoms with Crippen LogP contribution in [0.3, 0.4) is 0 Å². The van der Waals surface area contributed by atoms with E-state index in [1.807, 2.05) is 35.2 Å². The highest BCUT2D eigenvalue weighted by Gasteiger charge is 2.15. The van der Waals surface area contributed by atoms with Gasteiger partial charge in [-0.2, -0.15) is 0 Å². The van der Waals surface area contributed by atoms with Crippen LogP contribution in [0, 0.1) is 0 Å². The van der Waals surface area contributed by atoms with Gasteiger partial charge in [-0.15, -0.1) is 0 Å². The zero-order chi connectivity index (χ0) is 18.8. The van der Waals surface area contributed by atoms with Crippen LogP contribution in [0.2, 0.25) is 5.02 Å². The molecule has 2 aromatic rings. The molecule has 0 aliphatic rings. The molecule has 26 heavy (non-hydrogen) atoms. The minimum absolute atomic E-state index is 0.143. The zero-order valence-electron chi connectivity index (χ0n) is 15.7. The van der Waals surface area contributed by atoms with Gasteiger partial charge in [0.1, 0.15) is 5.75 Å². The lowest BCUT2D eigenvalue weighted by Gasteiger charge is -2.22. The fourth-order valence-corrected chi connectivity index (χ4v) is 3.07. The Balaban J connectivity index is 2.02. The van der Waals surface area contributed by atoms with E-state index in [1.54, 1.807) is 6.07 Å². The first-order valence-electron chi connectivity index (χ1n) is 9.37. The molecular weight excluding hydrogens is 346 g/mol. The highest BCUT2D eigenvalue weighted by molar-refractivity contribution is 6.30. The highest BCUT2D eigenvalue weighted by atomic mass is 35.5. The van der Waals surface area contributed by atoms with Crippen molar-refractivity contribution in [3.63, 3.8) is 0 Å². The quantitative estimate of drug-likeness (QED) is 0.576. The van der Waals surface area contributed by atoms with Gasteiger partial charge >= 0.3 is 0 Å². The normalized spacial score (nSPS) is 10.6. The predicted molar refractivity (Wildman–Crippen MR) is 108 cm³/mol. The van der Waals surface area contributed by atoms with Gasteiger partial charge in [0.05, 0.1) is 13.0 Å². The molecule has 0 radical (unpaired) electrons. The molecule has 140 valence electrons. The van der Waals surface area contributed by atoms with E-state index in [2.05, 4.69) is 26.0 Å². The third-order valence-electron chi connectivity index (χ3n) is 4.20. The van der Waals surface area contributed by atoms with E-state index in [-0.39, 0.29) is 5.91 Å². The van der Waals surface area contributed by atoms with Gasteiger partial charge in [0.25, 0.3) is 0 Å². The Kier molecular flexibility index (Phi) is 8.49. The molecule has 0 spiro atoms. The highest BCUT2D eigenvalue weighted by Crippen LogP contribution is 2.25. The van der Waals surface area contributed by atoms with Crippen LogP contribution in [0.25, 0.3) is 0 Å². The molecule has 0 bridgehead atoms. The molecule has 0 saturated carbocycles. The fourth-order valence-electron chi connectivity index (χ4n) is 2.91. The van der Waals surface area contributed by atoms with E-state index in [0.717, 1.165) is 37.9 Å². The van der Waals surface area contributed by atoms with E-state index < -0.39 is 0 Å². The lowest BCUT2D eigenvalue weighted by molar-refractivity contribution is -0.130. The average molecular weight is 374 g/mol. The summed E-state index contributed by atoms with van der Waals surface area (Å²) < 4.78 is 5.97. The molecule has 0 fully saturated rings. The fraction of sp³-hybridized carbons (Fsp3) is 0.409. The van der Waals surface area contributed by atoms with Gasteiger partial charge < -0.3 is 9.64 Å². The standard InChI is InChI=1S/C22H28ClNO2/c1-3-13-24(14-4-2)22(25)16-19-10-11-20(23)17-21(19)26-15-12-18-8-6-5-7-9-18/h5-11,17H,3-4,12-16H2,1-2H3. The molecule has 2 rings (SSSR count). The van der Waals surface area contributed by atoms with Crippen molar-refractivity contribution in [2.24, 2.45) is 0 Å². The molecule has 0 aromatic heterocycles. The maximum absolute atomic E-state index is 12.7. The predicted octanol–water partition coefficient (Wildman–Crippen LogP) is 5.15. The molecule has 3 nitrogen and oxygen atoms in total. The SMILES string of the molecule is CCCN(CCC)C(=O)Cc1ccc(Cl)cc1OCCc1ccccc1. The maximum atomic E-state index is 12.7. The number of nitrogens with zero attached hydrogens (tertiary/aromatic N) is 1. The van der Waals surface area contributed by atoms with Gasteiger partial charge in [-0.05, 0) is 30.5 Å². The Morgan fingerprint density at radius 2 is 1.73 bits per heavy atom. The van der Waals surface area contributed by atoms with Crippen LogP contribution < -0.4 is 4.74 Å². The second-order valence-electron chi connectivity index (χ2n) is 6.39. The van der Waals surface area contributed by atoms with Crippen molar-refractivity contribution in [2.45, 2.75) is 39.5 Å². The first-order chi connectivity index (χ1) is 12.6. The van der Waals surface area contributed by atoms with Gasteiger partial charge in [-0.25, -0.2) is 0 Å². The summed E-state index contributed by atoms with van der Waals surface area (Å²) in [5.41, 5.74) is 2.12. The smallest absolute Gasteiger partial charge is 0.227 e. The van der Waals surface area contributed by atoms with E-state index in [1.165, 1.54) is 5.56 Å². The summed E-state index contributed by atoms with van der Waals surface area (Å²) in [6.07, 6.45) is 3.09. The number of hydrogen-bond donors (Lipinski definition) is 0. The van der Waals surface area contributed by atoms with Gasteiger partial charge in [0.15, 0.2) is 0 Å². The minimum Gasteiger partial charge on any atom is -0.493 e. The molecule has 0 N–H and O–H groups in total. The molecule has 0 atom stereocenters. The third-order valence-corrected chi connectivity index (χ3v) is 4.44. The number of hydrogen-bond acceptors (Lipinski definition) is 2. The van der Waals surface area contributed by atoms with Crippen molar-refractivity contribution >= 4 is 17.5 Å². The Labute approximate surface area is 161 Å². The summed E-state index contributed by atoms with van der Waals surface area (Å²) in [7, 11) is 0.